The first-order chi connectivity index (χ1) is 6.62. The summed E-state index contributed by atoms with van der Waals surface area (Å²) < 4.78 is 60.3. The zero-order chi connectivity index (χ0) is 11.9. The fourth-order valence-electron chi connectivity index (χ4n) is 1.11. The molecule has 0 aliphatic heterocycles. The van der Waals surface area contributed by atoms with Crippen molar-refractivity contribution in [3.05, 3.63) is 22.0 Å². The van der Waals surface area contributed by atoms with Crippen molar-refractivity contribution >= 4 is 20.2 Å². The van der Waals surface area contributed by atoms with Crippen molar-refractivity contribution in [1.82, 2.24) is 0 Å². The predicted molar refractivity (Wildman–Crippen MR) is 51.9 cm³/mol. The summed E-state index contributed by atoms with van der Waals surface area (Å²) in [5, 5.41) is 0. The summed E-state index contributed by atoms with van der Waals surface area (Å²) in [4.78, 5) is -1.21. The SMILES string of the molecule is NC1CC=C(S(=O)(=O)O)C=C1S(=O)(=O)O. The maximum atomic E-state index is 10.8. The Kier molecular flexibility index (Phi) is 3.03. The zero-order valence-electron chi connectivity index (χ0n) is 7.36. The Morgan fingerprint density at radius 3 is 2.13 bits per heavy atom. The van der Waals surface area contributed by atoms with Crippen molar-refractivity contribution in [2.45, 2.75) is 12.5 Å². The molecule has 0 fully saturated rings. The van der Waals surface area contributed by atoms with Crippen LogP contribution in [-0.2, 0) is 20.2 Å². The van der Waals surface area contributed by atoms with E-state index in [1.54, 1.807) is 0 Å². The normalized spacial score (nSPS) is 23.3. The maximum Gasteiger partial charge on any atom is 0.294 e. The van der Waals surface area contributed by atoms with Crippen LogP contribution in [0.25, 0.3) is 0 Å². The van der Waals surface area contributed by atoms with Crippen LogP contribution < -0.4 is 5.73 Å². The van der Waals surface area contributed by atoms with Crippen molar-refractivity contribution in [3.8, 4) is 0 Å². The molecule has 0 aromatic rings. The number of allylic oxidation sites excluding steroid dienone is 1. The minimum absolute atomic E-state index is 0.0965. The van der Waals surface area contributed by atoms with Crippen LogP contribution in [0.5, 0.6) is 0 Å². The summed E-state index contributed by atoms with van der Waals surface area (Å²) >= 11 is 0. The van der Waals surface area contributed by atoms with Gasteiger partial charge in [0.15, 0.2) is 0 Å². The molecule has 1 unspecified atom stereocenters. The fraction of sp³-hybridized carbons (Fsp3) is 0.333. The lowest BCUT2D eigenvalue weighted by atomic mass is 10.1. The van der Waals surface area contributed by atoms with Gasteiger partial charge in [0.05, 0.1) is 9.81 Å². The van der Waals surface area contributed by atoms with Crippen molar-refractivity contribution < 1.29 is 25.9 Å². The second-order valence-electron chi connectivity index (χ2n) is 2.95. The summed E-state index contributed by atoms with van der Waals surface area (Å²) in [5.74, 6) is 0. The monoisotopic (exact) mass is 255 g/mol. The average Bonchev–Trinajstić information content (AvgIpc) is 2.00. The van der Waals surface area contributed by atoms with E-state index >= 15 is 0 Å². The number of hydrogen-bond acceptors (Lipinski definition) is 5. The van der Waals surface area contributed by atoms with Gasteiger partial charge >= 0.3 is 0 Å². The molecular formula is C6H9NO6S2. The van der Waals surface area contributed by atoms with Crippen LogP contribution in [0.3, 0.4) is 0 Å². The lowest BCUT2D eigenvalue weighted by Crippen LogP contribution is -2.29. The summed E-state index contributed by atoms with van der Waals surface area (Å²) in [6, 6.07) is -1.01. The summed E-state index contributed by atoms with van der Waals surface area (Å²) in [5.41, 5.74) is 5.34. The highest BCUT2D eigenvalue weighted by Gasteiger charge is 2.27. The molecule has 9 heteroatoms. The first-order valence-electron chi connectivity index (χ1n) is 3.74. The van der Waals surface area contributed by atoms with Gasteiger partial charge in [-0.1, -0.05) is 6.08 Å². The Bertz CT molecular complexity index is 526. The van der Waals surface area contributed by atoms with Gasteiger partial charge in [-0.3, -0.25) is 9.11 Å². The third-order valence-corrected chi connectivity index (χ3v) is 3.72. The van der Waals surface area contributed by atoms with Crippen LogP contribution in [0, 0.1) is 0 Å². The second kappa shape index (κ2) is 3.68. The lowest BCUT2D eigenvalue weighted by Gasteiger charge is -2.16. The molecule has 7 nitrogen and oxygen atoms in total. The van der Waals surface area contributed by atoms with Gasteiger partial charge in [0, 0.05) is 6.04 Å². The molecule has 0 aromatic heterocycles. The predicted octanol–water partition coefficient (Wildman–Crippen LogP) is -0.739. The summed E-state index contributed by atoms with van der Waals surface area (Å²) in [7, 11) is -9.04. The molecule has 0 heterocycles. The van der Waals surface area contributed by atoms with Crippen LogP contribution in [-0.4, -0.2) is 32.0 Å². The van der Waals surface area contributed by atoms with E-state index in [0.29, 0.717) is 6.08 Å². The number of hydrogen-bond donors (Lipinski definition) is 3. The molecule has 15 heavy (non-hydrogen) atoms. The third-order valence-electron chi connectivity index (χ3n) is 1.82. The molecule has 0 saturated heterocycles. The number of nitrogens with two attached hydrogens (primary N) is 1. The van der Waals surface area contributed by atoms with Gasteiger partial charge in [0.25, 0.3) is 20.2 Å². The van der Waals surface area contributed by atoms with Gasteiger partial charge in [-0.15, -0.1) is 0 Å². The van der Waals surface area contributed by atoms with E-state index in [1.807, 2.05) is 0 Å². The van der Waals surface area contributed by atoms with Crippen LogP contribution in [0.2, 0.25) is 0 Å². The molecule has 0 saturated carbocycles. The van der Waals surface area contributed by atoms with E-state index in [9.17, 15) is 16.8 Å². The van der Waals surface area contributed by atoms with Gasteiger partial charge in [-0.2, -0.15) is 16.8 Å². The first kappa shape index (κ1) is 12.3. The zero-order valence-corrected chi connectivity index (χ0v) is 8.99. The van der Waals surface area contributed by atoms with Crippen molar-refractivity contribution in [3.63, 3.8) is 0 Å². The second-order valence-corrected chi connectivity index (χ2v) is 5.79. The van der Waals surface area contributed by atoms with Crippen molar-refractivity contribution in [2.75, 3.05) is 0 Å². The topological polar surface area (TPSA) is 135 Å². The molecule has 1 aliphatic carbocycles. The standard InChI is InChI=1S/C6H9NO6S2/c7-5-2-1-4(14(8,9)10)3-6(5)15(11,12)13/h1,3,5H,2,7H2,(H,8,9,10)(H,11,12,13). The average molecular weight is 255 g/mol. The minimum atomic E-state index is -4.55. The molecule has 1 atom stereocenters. The van der Waals surface area contributed by atoms with Gasteiger partial charge in [-0.25, -0.2) is 0 Å². The van der Waals surface area contributed by atoms with Crippen molar-refractivity contribution in [1.29, 1.82) is 0 Å². The highest BCUT2D eigenvalue weighted by molar-refractivity contribution is 7.91. The Hall–Kier alpha value is -0.740. The van der Waals surface area contributed by atoms with Gasteiger partial charge in [0.1, 0.15) is 0 Å². The lowest BCUT2D eigenvalue weighted by molar-refractivity contribution is 0.486. The molecular weight excluding hydrogens is 246 g/mol. The maximum absolute atomic E-state index is 10.8. The molecule has 0 bridgehead atoms. The smallest absolute Gasteiger partial charge is 0.294 e. The molecule has 4 N–H and O–H groups in total. The Morgan fingerprint density at radius 2 is 1.73 bits per heavy atom. The van der Waals surface area contributed by atoms with E-state index in [1.165, 1.54) is 0 Å². The first-order valence-corrected chi connectivity index (χ1v) is 6.62. The molecule has 86 valence electrons. The van der Waals surface area contributed by atoms with E-state index in [0.717, 1.165) is 6.08 Å². The van der Waals surface area contributed by atoms with Gasteiger partial charge in [0.2, 0.25) is 0 Å². The fourth-order valence-corrected chi connectivity index (χ4v) is 2.52. The molecule has 0 amide bonds. The third kappa shape index (κ3) is 2.86. The molecule has 0 spiro atoms. The molecule has 0 radical (unpaired) electrons. The summed E-state index contributed by atoms with van der Waals surface area (Å²) in [6.45, 7) is 0. The minimum Gasteiger partial charge on any atom is -0.323 e. The summed E-state index contributed by atoms with van der Waals surface area (Å²) in [6.07, 6.45) is 1.62. The highest BCUT2D eigenvalue weighted by Crippen LogP contribution is 2.23. The van der Waals surface area contributed by atoms with E-state index in [2.05, 4.69) is 0 Å². The molecule has 1 aliphatic rings. The largest absolute Gasteiger partial charge is 0.323 e. The Morgan fingerprint density at radius 1 is 1.20 bits per heavy atom. The quantitative estimate of drug-likeness (QED) is 0.553. The van der Waals surface area contributed by atoms with E-state index in [4.69, 9.17) is 14.8 Å². The highest BCUT2D eigenvalue weighted by atomic mass is 32.2. The molecule has 0 aromatic carbocycles. The Labute approximate surface area is 86.8 Å². The Balaban J connectivity index is 3.30. The van der Waals surface area contributed by atoms with Gasteiger partial charge in [-0.05, 0) is 12.5 Å². The van der Waals surface area contributed by atoms with Crippen LogP contribution in [0.15, 0.2) is 22.0 Å². The number of rotatable bonds is 2. The van der Waals surface area contributed by atoms with E-state index < -0.39 is 36.1 Å². The van der Waals surface area contributed by atoms with Crippen LogP contribution in [0.1, 0.15) is 6.42 Å². The van der Waals surface area contributed by atoms with Crippen LogP contribution in [0.4, 0.5) is 0 Å². The van der Waals surface area contributed by atoms with Crippen molar-refractivity contribution in [2.24, 2.45) is 5.73 Å². The van der Waals surface area contributed by atoms with Crippen LogP contribution >= 0.6 is 0 Å². The van der Waals surface area contributed by atoms with E-state index in [-0.39, 0.29) is 6.42 Å². The van der Waals surface area contributed by atoms with Gasteiger partial charge < -0.3 is 5.73 Å². The molecule has 1 rings (SSSR count).